The first-order chi connectivity index (χ1) is 14.4. The maximum atomic E-state index is 13.5. The van der Waals surface area contributed by atoms with Gasteiger partial charge < -0.3 is 19.1 Å². The van der Waals surface area contributed by atoms with Crippen LogP contribution in [0.25, 0.3) is 0 Å². The van der Waals surface area contributed by atoms with Gasteiger partial charge in [-0.15, -0.1) is 0 Å². The van der Waals surface area contributed by atoms with Crippen molar-refractivity contribution in [1.29, 1.82) is 0 Å². The Kier molecular flexibility index (Phi) is 5.40. The summed E-state index contributed by atoms with van der Waals surface area (Å²) in [6, 6.07) is 5.70. The van der Waals surface area contributed by atoms with Gasteiger partial charge in [0.05, 0.1) is 23.8 Å². The van der Waals surface area contributed by atoms with Crippen molar-refractivity contribution in [3.05, 3.63) is 40.7 Å². The number of rotatable bonds is 7. The van der Waals surface area contributed by atoms with Crippen LogP contribution in [-0.2, 0) is 23.1 Å². The SMILES string of the molecule is CCOC(=O)[C@@H]1C[C@H]1CN(Cc1ccc2c(c1)OCO2)C(=O)c1c(C)nn(C)c1C. The molecule has 0 saturated heterocycles. The Morgan fingerprint density at radius 2 is 2.03 bits per heavy atom. The van der Waals surface area contributed by atoms with E-state index in [9.17, 15) is 9.59 Å². The van der Waals surface area contributed by atoms with E-state index in [4.69, 9.17) is 14.2 Å². The lowest BCUT2D eigenvalue weighted by molar-refractivity contribution is -0.145. The molecule has 1 aliphatic carbocycles. The summed E-state index contributed by atoms with van der Waals surface area (Å²) in [5.41, 5.74) is 3.09. The molecule has 4 rings (SSSR count). The average molecular weight is 413 g/mol. The predicted octanol–water partition coefficient (Wildman–Crippen LogP) is 2.61. The number of fused-ring (bicyclic) bond motifs is 1. The molecule has 2 aromatic rings. The molecule has 2 aliphatic rings. The van der Waals surface area contributed by atoms with Crippen molar-refractivity contribution < 1.29 is 23.8 Å². The van der Waals surface area contributed by atoms with Crippen LogP contribution in [0.3, 0.4) is 0 Å². The van der Waals surface area contributed by atoms with E-state index in [0.717, 1.165) is 17.7 Å². The van der Waals surface area contributed by atoms with E-state index in [1.54, 1.807) is 16.5 Å². The van der Waals surface area contributed by atoms with Crippen LogP contribution in [0.1, 0.15) is 40.7 Å². The summed E-state index contributed by atoms with van der Waals surface area (Å²) in [6.45, 7) is 7.02. The third kappa shape index (κ3) is 3.86. The molecule has 160 valence electrons. The van der Waals surface area contributed by atoms with Gasteiger partial charge in [-0.3, -0.25) is 14.3 Å². The monoisotopic (exact) mass is 413 g/mol. The van der Waals surface area contributed by atoms with Crippen LogP contribution in [0, 0.1) is 25.7 Å². The van der Waals surface area contributed by atoms with E-state index in [1.165, 1.54) is 0 Å². The minimum Gasteiger partial charge on any atom is -0.466 e. The highest BCUT2D eigenvalue weighted by molar-refractivity contribution is 5.96. The number of nitrogens with zero attached hydrogens (tertiary/aromatic N) is 3. The van der Waals surface area contributed by atoms with Gasteiger partial charge in [-0.2, -0.15) is 5.10 Å². The van der Waals surface area contributed by atoms with E-state index in [-0.39, 0.29) is 30.5 Å². The Bertz CT molecular complexity index is 983. The van der Waals surface area contributed by atoms with E-state index >= 15 is 0 Å². The molecule has 1 saturated carbocycles. The lowest BCUT2D eigenvalue weighted by Crippen LogP contribution is -2.34. The molecule has 2 atom stereocenters. The largest absolute Gasteiger partial charge is 0.466 e. The molecule has 0 N–H and O–H groups in total. The standard InChI is InChI=1S/C22H27N3O5/c1-5-28-22(27)17-9-16(17)11-25(21(26)20-13(2)23-24(4)14(20)3)10-15-6-7-18-19(8-15)30-12-29-18/h6-8,16-17H,5,9-12H2,1-4H3/t16-,17+/m0/s1. The number of carbonyl (C=O) groups is 2. The number of benzene rings is 1. The van der Waals surface area contributed by atoms with Gasteiger partial charge in [0.1, 0.15) is 0 Å². The summed E-state index contributed by atoms with van der Waals surface area (Å²) in [5.74, 6) is 1.12. The van der Waals surface area contributed by atoms with Crippen molar-refractivity contribution in [1.82, 2.24) is 14.7 Å². The minimum absolute atomic E-state index is 0.0784. The second-order valence-corrected chi connectivity index (χ2v) is 7.90. The molecule has 8 nitrogen and oxygen atoms in total. The molecular formula is C22H27N3O5. The fourth-order valence-electron chi connectivity index (χ4n) is 3.99. The number of aryl methyl sites for hydroxylation is 2. The van der Waals surface area contributed by atoms with Crippen LogP contribution < -0.4 is 9.47 Å². The predicted molar refractivity (Wildman–Crippen MR) is 108 cm³/mol. The first-order valence-corrected chi connectivity index (χ1v) is 10.2. The van der Waals surface area contributed by atoms with Crippen LogP contribution >= 0.6 is 0 Å². The van der Waals surface area contributed by atoms with Gasteiger partial charge in [0.2, 0.25) is 6.79 Å². The molecule has 1 fully saturated rings. The van der Waals surface area contributed by atoms with Gasteiger partial charge in [-0.1, -0.05) is 6.07 Å². The van der Waals surface area contributed by atoms with Crippen LogP contribution in [0.5, 0.6) is 11.5 Å². The summed E-state index contributed by atoms with van der Waals surface area (Å²) >= 11 is 0. The van der Waals surface area contributed by atoms with Gasteiger partial charge in [-0.05, 0) is 50.8 Å². The quantitative estimate of drug-likeness (QED) is 0.649. The summed E-state index contributed by atoms with van der Waals surface area (Å²) in [6.07, 6.45) is 0.745. The maximum Gasteiger partial charge on any atom is 0.309 e. The molecule has 0 unspecified atom stereocenters. The normalized spacial score (nSPS) is 18.9. The molecule has 1 aromatic carbocycles. The van der Waals surface area contributed by atoms with Crippen molar-refractivity contribution in [2.45, 2.75) is 33.7 Å². The highest BCUT2D eigenvalue weighted by Gasteiger charge is 2.45. The molecule has 1 aliphatic heterocycles. The van der Waals surface area contributed by atoms with Gasteiger partial charge in [0.25, 0.3) is 5.91 Å². The molecule has 0 spiro atoms. The van der Waals surface area contributed by atoms with Gasteiger partial charge in [-0.25, -0.2) is 0 Å². The van der Waals surface area contributed by atoms with Crippen molar-refractivity contribution in [3.63, 3.8) is 0 Å². The van der Waals surface area contributed by atoms with Crippen LogP contribution in [0.2, 0.25) is 0 Å². The van der Waals surface area contributed by atoms with Crippen molar-refractivity contribution in [2.75, 3.05) is 19.9 Å². The molecule has 1 amide bonds. The topological polar surface area (TPSA) is 82.9 Å². The molecule has 0 radical (unpaired) electrons. The molecular weight excluding hydrogens is 386 g/mol. The number of amides is 1. The third-order valence-electron chi connectivity index (χ3n) is 5.79. The lowest BCUT2D eigenvalue weighted by atomic mass is 10.1. The molecule has 1 aromatic heterocycles. The number of hydrogen-bond acceptors (Lipinski definition) is 6. The van der Waals surface area contributed by atoms with E-state index < -0.39 is 0 Å². The van der Waals surface area contributed by atoms with E-state index in [2.05, 4.69) is 5.10 Å². The minimum atomic E-state index is -0.174. The number of hydrogen-bond donors (Lipinski definition) is 0. The third-order valence-corrected chi connectivity index (χ3v) is 5.79. The Labute approximate surface area is 175 Å². The van der Waals surface area contributed by atoms with Crippen LogP contribution in [0.4, 0.5) is 0 Å². The van der Waals surface area contributed by atoms with Crippen LogP contribution in [-0.4, -0.2) is 46.5 Å². The summed E-state index contributed by atoms with van der Waals surface area (Å²) < 4.78 is 17.7. The van der Waals surface area contributed by atoms with E-state index in [1.807, 2.05) is 39.1 Å². The fraction of sp³-hybridized carbons (Fsp3) is 0.500. The highest BCUT2D eigenvalue weighted by Crippen LogP contribution is 2.41. The number of aromatic nitrogens is 2. The Balaban J connectivity index is 1.56. The fourth-order valence-corrected chi connectivity index (χ4v) is 3.99. The number of ether oxygens (including phenoxy) is 3. The first-order valence-electron chi connectivity index (χ1n) is 10.2. The number of carbonyl (C=O) groups excluding carboxylic acids is 2. The summed E-state index contributed by atoms with van der Waals surface area (Å²) in [5, 5.41) is 4.39. The second kappa shape index (κ2) is 8.01. The Morgan fingerprint density at radius 3 is 2.73 bits per heavy atom. The van der Waals surface area contributed by atoms with E-state index in [0.29, 0.717) is 42.5 Å². The van der Waals surface area contributed by atoms with Crippen molar-refractivity contribution in [2.24, 2.45) is 18.9 Å². The Morgan fingerprint density at radius 1 is 1.27 bits per heavy atom. The Hall–Kier alpha value is -3.03. The molecule has 30 heavy (non-hydrogen) atoms. The zero-order valence-corrected chi connectivity index (χ0v) is 17.8. The smallest absolute Gasteiger partial charge is 0.309 e. The van der Waals surface area contributed by atoms with Crippen molar-refractivity contribution >= 4 is 11.9 Å². The molecule has 8 heteroatoms. The highest BCUT2D eigenvalue weighted by atomic mass is 16.7. The van der Waals surface area contributed by atoms with Gasteiger partial charge >= 0.3 is 5.97 Å². The zero-order valence-electron chi connectivity index (χ0n) is 17.8. The number of esters is 1. The van der Waals surface area contributed by atoms with Gasteiger partial charge in [0, 0.05) is 25.8 Å². The van der Waals surface area contributed by atoms with Crippen LogP contribution in [0.15, 0.2) is 18.2 Å². The summed E-state index contributed by atoms with van der Waals surface area (Å²) in [7, 11) is 1.83. The summed E-state index contributed by atoms with van der Waals surface area (Å²) in [4.78, 5) is 27.4. The second-order valence-electron chi connectivity index (χ2n) is 7.90. The molecule has 2 heterocycles. The van der Waals surface area contributed by atoms with Gasteiger partial charge in [0.15, 0.2) is 11.5 Å². The average Bonchev–Trinajstić information content (AvgIpc) is 3.23. The first kappa shape index (κ1) is 20.3. The van der Waals surface area contributed by atoms with Crippen molar-refractivity contribution in [3.8, 4) is 11.5 Å². The maximum absolute atomic E-state index is 13.5. The zero-order chi connectivity index (χ0) is 21.4. The lowest BCUT2D eigenvalue weighted by Gasteiger charge is -2.23. The molecule has 0 bridgehead atoms.